The van der Waals surface area contributed by atoms with Crippen LogP contribution in [0.25, 0.3) is 11.0 Å². The van der Waals surface area contributed by atoms with Gasteiger partial charge in [0.1, 0.15) is 11.3 Å². The number of halogens is 1. The Labute approximate surface area is 211 Å². The second kappa shape index (κ2) is 9.51. The van der Waals surface area contributed by atoms with Gasteiger partial charge in [-0.25, -0.2) is 4.79 Å². The summed E-state index contributed by atoms with van der Waals surface area (Å²) < 4.78 is 16.0. The van der Waals surface area contributed by atoms with Gasteiger partial charge in [0, 0.05) is 11.6 Å². The summed E-state index contributed by atoms with van der Waals surface area (Å²) >= 11 is 6.14. The highest BCUT2D eigenvalue weighted by molar-refractivity contribution is 6.31. The van der Waals surface area contributed by atoms with E-state index in [4.69, 9.17) is 25.5 Å². The van der Waals surface area contributed by atoms with Gasteiger partial charge >= 0.3 is 5.97 Å². The number of hydrogen-bond donors (Lipinski definition) is 0. The normalized spacial score (nSPS) is 14.7. The van der Waals surface area contributed by atoms with Gasteiger partial charge in [-0.05, 0) is 60.0 Å². The minimum atomic E-state index is -0.683. The van der Waals surface area contributed by atoms with Gasteiger partial charge in [-0.2, -0.15) is 0 Å². The second-order valence-electron chi connectivity index (χ2n) is 8.43. The Bertz CT molecular complexity index is 1530. The molecule has 7 nitrogen and oxygen atoms in total. The molecule has 2 heterocycles. The summed E-state index contributed by atoms with van der Waals surface area (Å²) in [6.45, 7) is 0.343. The highest BCUT2D eigenvalue weighted by Gasteiger charge is 2.42. The number of rotatable bonds is 6. The average Bonchev–Trinajstić information content (AvgIpc) is 3.19. The molecule has 0 spiro atoms. The van der Waals surface area contributed by atoms with Crippen LogP contribution in [0.2, 0.25) is 5.02 Å². The summed E-state index contributed by atoms with van der Waals surface area (Å²) in [5.41, 5.74) is 2.31. The fourth-order valence-corrected chi connectivity index (χ4v) is 4.70. The molecule has 8 heteroatoms. The van der Waals surface area contributed by atoms with E-state index in [-0.39, 0.29) is 22.7 Å². The third-order valence-electron chi connectivity index (χ3n) is 6.38. The molecular formula is C28H22ClNO6. The molecule has 0 saturated carbocycles. The monoisotopic (exact) mass is 503 g/mol. The molecule has 0 fully saturated rings. The number of carbonyl (C=O) groups is 2. The molecule has 36 heavy (non-hydrogen) atoms. The van der Waals surface area contributed by atoms with Crippen molar-refractivity contribution in [3.63, 3.8) is 0 Å². The third-order valence-corrected chi connectivity index (χ3v) is 6.61. The van der Waals surface area contributed by atoms with E-state index in [1.807, 2.05) is 24.3 Å². The van der Waals surface area contributed by atoms with Gasteiger partial charge in [0.25, 0.3) is 5.91 Å². The topological polar surface area (TPSA) is 86.0 Å². The summed E-state index contributed by atoms with van der Waals surface area (Å²) in [5.74, 6) is -0.0748. The minimum Gasteiger partial charge on any atom is -0.497 e. The van der Waals surface area contributed by atoms with Crippen LogP contribution < -0.4 is 10.2 Å². The van der Waals surface area contributed by atoms with Crippen molar-refractivity contribution < 1.29 is 23.5 Å². The fourth-order valence-electron chi connectivity index (χ4n) is 4.53. The zero-order chi connectivity index (χ0) is 25.4. The number of fused-ring (bicyclic) bond motifs is 2. The van der Waals surface area contributed by atoms with Crippen LogP contribution in [-0.4, -0.2) is 37.5 Å². The zero-order valence-electron chi connectivity index (χ0n) is 19.6. The van der Waals surface area contributed by atoms with E-state index in [1.165, 1.54) is 7.11 Å². The number of hydrogen-bond acceptors (Lipinski definition) is 6. The van der Waals surface area contributed by atoms with E-state index in [0.29, 0.717) is 40.1 Å². The van der Waals surface area contributed by atoms with E-state index in [0.717, 1.165) is 11.3 Å². The molecule has 1 aromatic heterocycles. The molecule has 5 rings (SSSR count). The first-order valence-electron chi connectivity index (χ1n) is 11.3. The molecule has 182 valence electrons. The van der Waals surface area contributed by atoms with E-state index < -0.39 is 12.0 Å². The van der Waals surface area contributed by atoms with Gasteiger partial charge in [-0.1, -0.05) is 35.9 Å². The lowest BCUT2D eigenvalue weighted by atomic mass is 9.97. The molecule has 1 amide bonds. The lowest BCUT2D eigenvalue weighted by Gasteiger charge is -2.25. The first kappa shape index (κ1) is 23.6. The molecule has 1 aliphatic rings. The van der Waals surface area contributed by atoms with E-state index in [9.17, 15) is 14.4 Å². The molecule has 0 aliphatic carbocycles. The highest BCUT2D eigenvalue weighted by atomic mass is 35.5. The van der Waals surface area contributed by atoms with Gasteiger partial charge < -0.3 is 18.8 Å². The number of carbonyl (C=O) groups excluding carboxylic acids is 2. The van der Waals surface area contributed by atoms with Crippen molar-refractivity contribution >= 4 is 34.4 Å². The van der Waals surface area contributed by atoms with Crippen LogP contribution in [0.1, 0.15) is 43.6 Å². The van der Waals surface area contributed by atoms with E-state index in [2.05, 4.69) is 0 Å². The van der Waals surface area contributed by atoms with E-state index >= 15 is 0 Å². The van der Waals surface area contributed by atoms with Crippen molar-refractivity contribution in [2.45, 2.75) is 12.5 Å². The molecule has 1 unspecified atom stereocenters. The molecule has 3 aromatic carbocycles. The van der Waals surface area contributed by atoms with E-state index in [1.54, 1.807) is 54.5 Å². The largest absolute Gasteiger partial charge is 0.497 e. The molecule has 0 radical (unpaired) electrons. The van der Waals surface area contributed by atoms with Crippen molar-refractivity contribution in [3.8, 4) is 5.75 Å². The Morgan fingerprint density at radius 2 is 1.72 bits per heavy atom. The van der Waals surface area contributed by atoms with Crippen molar-refractivity contribution in [1.29, 1.82) is 0 Å². The summed E-state index contributed by atoms with van der Waals surface area (Å²) in [6.07, 6.45) is 0.556. The van der Waals surface area contributed by atoms with Crippen molar-refractivity contribution in [1.82, 2.24) is 4.90 Å². The zero-order valence-corrected chi connectivity index (χ0v) is 20.4. The van der Waals surface area contributed by atoms with Crippen LogP contribution in [0.3, 0.4) is 0 Å². The Balaban J connectivity index is 1.59. The SMILES string of the molecule is COC(=O)c1ccc(C2c3c(oc4ccc(Cl)cc4c3=O)C(=O)N2CCc2ccc(OC)cc2)cc1. The fraction of sp³-hybridized carbons (Fsp3) is 0.179. The van der Waals surface area contributed by atoms with Crippen LogP contribution in [0.4, 0.5) is 0 Å². The highest BCUT2D eigenvalue weighted by Crippen LogP contribution is 2.38. The lowest BCUT2D eigenvalue weighted by Crippen LogP contribution is -2.31. The molecule has 0 saturated heterocycles. The smallest absolute Gasteiger partial charge is 0.337 e. The molecule has 4 aromatic rings. The number of ether oxygens (including phenoxy) is 2. The number of benzene rings is 3. The lowest BCUT2D eigenvalue weighted by molar-refractivity contribution is 0.0600. The summed E-state index contributed by atoms with van der Waals surface area (Å²) in [7, 11) is 2.91. The molecule has 1 aliphatic heterocycles. The van der Waals surface area contributed by atoms with Crippen LogP contribution in [0.5, 0.6) is 5.75 Å². The molecule has 1 atom stereocenters. The molecular weight excluding hydrogens is 482 g/mol. The average molecular weight is 504 g/mol. The van der Waals surface area contributed by atoms with Gasteiger partial charge in [0.05, 0.1) is 36.8 Å². The van der Waals surface area contributed by atoms with Crippen molar-refractivity contribution in [2.24, 2.45) is 0 Å². The summed E-state index contributed by atoms with van der Waals surface area (Å²) in [4.78, 5) is 40.7. The van der Waals surface area contributed by atoms with Crippen molar-refractivity contribution in [3.05, 3.63) is 110 Å². The van der Waals surface area contributed by atoms with Crippen LogP contribution in [0.15, 0.2) is 75.9 Å². The maximum Gasteiger partial charge on any atom is 0.337 e. The Morgan fingerprint density at radius 1 is 1.00 bits per heavy atom. The standard InChI is InChI=1S/C28H22ClNO6/c1-34-20-10-3-16(4-11-20)13-14-30-24(17-5-7-18(8-6-17)28(33)35-2)23-25(31)21-15-19(29)9-12-22(21)36-26(23)27(30)32/h3-12,15,24H,13-14H2,1-2H3. The number of methoxy groups -OCH3 is 2. The Kier molecular flexibility index (Phi) is 6.24. The second-order valence-corrected chi connectivity index (χ2v) is 8.86. The van der Waals surface area contributed by atoms with Crippen LogP contribution in [-0.2, 0) is 11.2 Å². The Hall–Kier alpha value is -4.10. The number of esters is 1. The summed E-state index contributed by atoms with van der Waals surface area (Å²) in [6, 6.07) is 18.3. The quantitative estimate of drug-likeness (QED) is 0.343. The first-order chi connectivity index (χ1) is 17.4. The van der Waals surface area contributed by atoms with Gasteiger partial charge in [-0.15, -0.1) is 0 Å². The van der Waals surface area contributed by atoms with Gasteiger partial charge in [0.2, 0.25) is 5.76 Å². The first-order valence-corrected chi connectivity index (χ1v) is 11.7. The Morgan fingerprint density at radius 3 is 2.39 bits per heavy atom. The molecule has 0 bridgehead atoms. The minimum absolute atomic E-state index is 0.0200. The van der Waals surface area contributed by atoms with Crippen LogP contribution >= 0.6 is 11.6 Å². The predicted molar refractivity (Wildman–Crippen MR) is 135 cm³/mol. The maximum absolute atomic E-state index is 13.6. The number of nitrogens with zero attached hydrogens (tertiary/aromatic N) is 1. The summed E-state index contributed by atoms with van der Waals surface area (Å²) in [5, 5.41) is 0.705. The third kappa shape index (κ3) is 4.12. The molecule has 0 N–H and O–H groups in total. The van der Waals surface area contributed by atoms with Crippen LogP contribution in [0, 0.1) is 0 Å². The predicted octanol–water partition coefficient (Wildman–Crippen LogP) is 5.03. The van der Waals surface area contributed by atoms with Gasteiger partial charge in [0.15, 0.2) is 5.43 Å². The van der Waals surface area contributed by atoms with Crippen molar-refractivity contribution in [2.75, 3.05) is 20.8 Å². The number of amides is 1. The van der Waals surface area contributed by atoms with Gasteiger partial charge in [-0.3, -0.25) is 9.59 Å². The maximum atomic E-state index is 13.6.